The SMILES string of the molecule is CC.CC(C)(CO)OCCN.CC(C)CCNC(=O)CCC=O. The lowest BCUT2D eigenvalue weighted by molar-refractivity contribution is -0.122. The van der Waals surface area contributed by atoms with Crippen molar-refractivity contribution in [2.75, 3.05) is 26.3 Å². The van der Waals surface area contributed by atoms with Crippen LogP contribution in [0.5, 0.6) is 0 Å². The summed E-state index contributed by atoms with van der Waals surface area (Å²) < 4.78 is 5.15. The van der Waals surface area contributed by atoms with Crippen LogP contribution < -0.4 is 11.1 Å². The zero-order valence-corrected chi connectivity index (χ0v) is 15.9. The Morgan fingerprint density at radius 2 is 1.91 bits per heavy atom. The van der Waals surface area contributed by atoms with Gasteiger partial charge < -0.3 is 25.7 Å². The molecule has 0 bridgehead atoms. The van der Waals surface area contributed by atoms with Crippen LogP contribution in [-0.4, -0.2) is 49.2 Å². The first kappa shape index (κ1) is 26.9. The molecule has 0 atom stereocenters. The first-order valence-corrected chi connectivity index (χ1v) is 8.44. The fraction of sp³-hybridized carbons (Fsp3) is 0.882. The van der Waals surface area contributed by atoms with Crippen LogP contribution in [-0.2, 0) is 14.3 Å². The number of nitrogens with two attached hydrogens (primary N) is 1. The summed E-state index contributed by atoms with van der Waals surface area (Å²) >= 11 is 0. The Kier molecular flexibility index (Phi) is 22.3. The Hall–Kier alpha value is -0.980. The third-order valence-corrected chi connectivity index (χ3v) is 2.52. The molecule has 0 aliphatic carbocycles. The van der Waals surface area contributed by atoms with Crippen molar-refractivity contribution in [1.82, 2.24) is 5.32 Å². The van der Waals surface area contributed by atoms with Gasteiger partial charge in [-0.25, -0.2) is 0 Å². The monoisotopic (exact) mass is 334 g/mol. The molecule has 0 saturated heterocycles. The van der Waals surface area contributed by atoms with E-state index in [-0.39, 0.29) is 12.5 Å². The lowest BCUT2D eigenvalue weighted by atomic mass is 10.1. The van der Waals surface area contributed by atoms with Crippen LogP contribution in [0.2, 0.25) is 0 Å². The van der Waals surface area contributed by atoms with Crippen molar-refractivity contribution in [3.63, 3.8) is 0 Å². The molecule has 0 aliphatic heterocycles. The van der Waals surface area contributed by atoms with Gasteiger partial charge in [0.1, 0.15) is 6.29 Å². The summed E-state index contributed by atoms with van der Waals surface area (Å²) in [7, 11) is 0. The van der Waals surface area contributed by atoms with Gasteiger partial charge in [-0.15, -0.1) is 0 Å². The summed E-state index contributed by atoms with van der Waals surface area (Å²) in [5.74, 6) is 0.583. The van der Waals surface area contributed by atoms with Gasteiger partial charge in [0.05, 0.1) is 18.8 Å². The van der Waals surface area contributed by atoms with Gasteiger partial charge in [0.25, 0.3) is 0 Å². The highest BCUT2D eigenvalue weighted by Crippen LogP contribution is 2.05. The van der Waals surface area contributed by atoms with Gasteiger partial charge in [0.15, 0.2) is 0 Å². The number of aliphatic hydroxyl groups excluding tert-OH is 1. The average Bonchev–Trinajstić information content (AvgIpc) is 2.53. The van der Waals surface area contributed by atoms with Crippen molar-refractivity contribution < 1.29 is 19.4 Å². The second-order valence-corrected chi connectivity index (χ2v) is 5.79. The van der Waals surface area contributed by atoms with E-state index in [1.807, 2.05) is 27.7 Å². The topological polar surface area (TPSA) is 102 Å². The molecule has 4 N–H and O–H groups in total. The van der Waals surface area contributed by atoms with Gasteiger partial charge >= 0.3 is 0 Å². The largest absolute Gasteiger partial charge is 0.393 e. The van der Waals surface area contributed by atoms with Crippen molar-refractivity contribution in [2.24, 2.45) is 11.7 Å². The Labute approximate surface area is 142 Å². The summed E-state index contributed by atoms with van der Waals surface area (Å²) in [6.45, 7) is 13.6. The first-order chi connectivity index (χ1) is 10.8. The average molecular weight is 335 g/mol. The maximum absolute atomic E-state index is 10.9. The molecule has 0 spiro atoms. The molecule has 0 rings (SSSR count). The first-order valence-electron chi connectivity index (χ1n) is 8.44. The van der Waals surface area contributed by atoms with E-state index in [1.54, 1.807) is 0 Å². The maximum Gasteiger partial charge on any atom is 0.220 e. The number of amides is 1. The molecule has 140 valence electrons. The molecule has 1 amide bonds. The van der Waals surface area contributed by atoms with Crippen LogP contribution >= 0.6 is 0 Å². The van der Waals surface area contributed by atoms with Crippen LogP contribution in [0.15, 0.2) is 0 Å². The van der Waals surface area contributed by atoms with Crippen LogP contribution in [0.25, 0.3) is 0 Å². The number of rotatable bonds is 10. The van der Waals surface area contributed by atoms with E-state index < -0.39 is 5.60 Å². The number of hydrogen-bond acceptors (Lipinski definition) is 5. The molecule has 0 fully saturated rings. The molecule has 0 saturated carbocycles. The van der Waals surface area contributed by atoms with E-state index in [1.165, 1.54) is 0 Å². The highest BCUT2D eigenvalue weighted by atomic mass is 16.5. The number of hydrogen-bond donors (Lipinski definition) is 3. The number of aliphatic hydroxyl groups is 1. The molecule has 0 aromatic heterocycles. The lowest BCUT2D eigenvalue weighted by Gasteiger charge is -2.21. The second-order valence-electron chi connectivity index (χ2n) is 5.79. The predicted octanol–water partition coefficient (Wildman–Crippen LogP) is 1.89. The summed E-state index contributed by atoms with van der Waals surface area (Å²) in [5, 5.41) is 11.4. The van der Waals surface area contributed by atoms with Crippen LogP contribution in [0.3, 0.4) is 0 Å². The zero-order valence-electron chi connectivity index (χ0n) is 15.9. The zero-order chi connectivity index (χ0) is 18.7. The fourth-order valence-corrected chi connectivity index (χ4v) is 1.16. The minimum atomic E-state index is -0.431. The summed E-state index contributed by atoms with van der Waals surface area (Å²) in [6.07, 6.45) is 2.41. The van der Waals surface area contributed by atoms with Gasteiger partial charge in [0.2, 0.25) is 5.91 Å². The van der Waals surface area contributed by atoms with Crippen LogP contribution in [0, 0.1) is 5.92 Å². The number of carbonyl (C=O) groups is 2. The van der Waals surface area contributed by atoms with E-state index in [4.69, 9.17) is 15.6 Å². The smallest absolute Gasteiger partial charge is 0.220 e. The van der Waals surface area contributed by atoms with E-state index in [2.05, 4.69) is 19.2 Å². The van der Waals surface area contributed by atoms with Crippen molar-refractivity contribution in [1.29, 1.82) is 0 Å². The van der Waals surface area contributed by atoms with E-state index in [0.717, 1.165) is 19.3 Å². The summed E-state index contributed by atoms with van der Waals surface area (Å²) in [4.78, 5) is 20.8. The molecule has 6 nitrogen and oxygen atoms in total. The Balaban J connectivity index is -0.000000324. The third-order valence-electron chi connectivity index (χ3n) is 2.52. The Morgan fingerprint density at radius 3 is 2.30 bits per heavy atom. The molecule has 0 aliphatic rings. The standard InChI is InChI=1S/C9H17NO2.C6H15NO2.C2H6/c1-8(2)5-6-10-9(12)4-3-7-11;1-6(2,5-8)9-4-3-7;1-2/h7-8H,3-6H2,1-2H3,(H,10,12);8H,3-5,7H2,1-2H3;1-2H3. The summed E-state index contributed by atoms with van der Waals surface area (Å²) in [6, 6.07) is 0. The number of ether oxygens (including phenoxy) is 1. The van der Waals surface area contributed by atoms with Crippen molar-refractivity contribution in [3.05, 3.63) is 0 Å². The van der Waals surface area contributed by atoms with Crippen molar-refractivity contribution in [3.8, 4) is 0 Å². The second kappa shape index (κ2) is 19.1. The molecule has 0 unspecified atom stereocenters. The van der Waals surface area contributed by atoms with Gasteiger partial charge in [-0.3, -0.25) is 4.79 Å². The molecule has 0 heterocycles. The number of carbonyl (C=O) groups excluding carboxylic acids is 2. The maximum atomic E-state index is 10.9. The number of nitrogens with one attached hydrogen (secondary N) is 1. The fourth-order valence-electron chi connectivity index (χ4n) is 1.16. The molecule has 23 heavy (non-hydrogen) atoms. The quantitative estimate of drug-likeness (QED) is 0.530. The molecule has 0 aromatic carbocycles. The predicted molar refractivity (Wildman–Crippen MR) is 95.3 cm³/mol. The van der Waals surface area contributed by atoms with Crippen molar-refractivity contribution in [2.45, 2.75) is 66.4 Å². The summed E-state index contributed by atoms with van der Waals surface area (Å²) in [5.41, 5.74) is 4.75. The lowest BCUT2D eigenvalue weighted by Crippen LogP contribution is -2.31. The normalized spacial score (nSPS) is 10.1. The highest BCUT2D eigenvalue weighted by molar-refractivity contribution is 5.77. The van der Waals surface area contributed by atoms with E-state index >= 15 is 0 Å². The Morgan fingerprint density at radius 1 is 1.35 bits per heavy atom. The molecular weight excluding hydrogens is 296 g/mol. The minimum absolute atomic E-state index is 0.0252. The van der Waals surface area contributed by atoms with Gasteiger partial charge in [-0.05, 0) is 26.2 Å². The van der Waals surface area contributed by atoms with Crippen molar-refractivity contribution >= 4 is 12.2 Å². The Bertz CT molecular complexity index is 269. The van der Waals surface area contributed by atoms with Gasteiger partial charge in [-0.1, -0.05) is 27.7 Å². The van der Waals surface area contributed by atoms with E-state index in [0.29, 0.717) is 31.9 Å². The van der Waals surface area contributed by atoms with E-state index in [9.17, 15) is 9.59 Å². The molecule has 0 aromatic rings. The van der Waals surface area contributed by atoms with Crippen LogP contribution in [0.4, 0.5) is 0 Å². The van der Waals surface area contributed by atoms with Gasteiger partial charge in [0, 0.05) is 25.9 Å². The molecule has 0 radical (unpaired) electrons. The molecular formula is C17H38N2O4. The van der Waals surface area contributed by atoms with Gasteiger partial charge in [-0.2, -0.15) is 0 Å². The highest BCUT2D eigenvalue weighted by Gasteiger charge is 2.15. The molecule has 6 heteroatoms. The number of aldehydes is 1. The van der Waals surface area contributed by atoms with Crippen LogP contribution in [0.1, 0.15) is 60.8 Å². The minimum Gasteiger partial charge on any atom is -0.393 e. The third kappa shape index (κ3) is 26.3.